The lowest BCUT2D eigenvalue weighted by Gasteiger charge is -2.38. The predicted octanol–water partition coefficient (Wildman–Crippen LogP) is 4.61. The van der Waals surface area contributed by atoms with Crippen molar-refractivity contribution in [2.45, 2.75) is 86.2 Å². The van der Waals surface area contributed by atoms with E-state index < -0.39 is 0 Å². The highest BCUT2D eigenvalue weighted by Crippen LogP contribution is 2.21. The lowest BCUT2D eigenvalue weighted by molar-refractivity contribution is -0.138. The number of morpholine rings is 1. The standard InChI is InChI=1S/C9H17NO.C8H17NO.C8H17NS/c1-9(2,3)8(11)10-6-4-5-7-10;2*1-8(2,3)9-4-6-10-7-5-9/h4-7H2,1-3H3;2*4-7H2,1-3H3. The summed E-state index contributed by atoms with van der Waals surface area (Å²) in [5, 5.41) is 0. The predicted molar refractivity (Wildman–Crippen MR) is 136 cm³/mol. The van der Waals surface area contributed by atoms with E-state index in [1.807, 2.05) is 25.7 Å². The number of hydrogen-bond acceptors (Lipinski definition) is 5. The SMILES string of the molecule is CC(C)(C)C(=O)N1CCCC1.CC(C)(C)N1CCOCC1.CC(C)(C)N1CCSCC1. The van der Waals surface area contributed by atoms with Crippen LogP contribution in [0.3, 0.4) is 0 Å². The average molecular weight is 458 g/mol. The second-order valence-corrected chi connectivity index (χ2v) is 13.0. The van der Waals surface area contributed by atoms with Gasteiger partial charge in [0.05, 0.1) is 13.2 Å². The van der Waals surface area contributed by atoms with Gasteiger partial charge in [0, 0.05) is 67.3 Å². The molecule has 0 aromatic heterocycles. The molecule has 5 nitrogen and oxygen atoms in total. The molecule has 0 saturated carbocycles. The molecule has 3 aliphatic rings. The first kappa shape index (κ1) is 28.7. The van der Waals surface area contributed by atoms with Crippen LogP contribution in [0.15, 0.2) is 0 Å². The maximum absolute atomic E-state index is 11.6. The van der Waals surface area contributed by atoms with Crippen molar-refractivity contribution in [3.8, 4) is 0 Å². The van der Waals surface area contributed by atoms with Crippen molar-refractivity contribution in [2.75, 3.05) is 64.0 Å². The number of ether oxygens (including phenoxy) is 1. The number of nitrogens with zero attached hydrogens (tertiary/aromatic N) is 3. The van der Waals surface area contributed by atoms with Crippen LogP contribution in [0.25, 0.3) is 0 Å². The fraction of sp³-hybridized carbons (Fsp3) is 0.960. The molecule has 0 radical (unpaired) electrons. The lowest BCUT2D eigenvalue weighted by Crippen LogP contribution is -2.47. The van der Waals surface area contributed by atoms with E-state index in [2.05, 4.69) is 63.1 Å². The highest BCUT2D eigenvalue weighted by Gasteiger charge is 2.28. The topological polar surface area (TPSA) is 36.0 Å². The van der Waals surface area contributed by atoms with E-state index in [0.29, 0.717) is 17.0 Å². The summed E-state index contributed by atoms with van der Waals surface area (Å²) in [6.07, 6.45) is 2.36. The van der Waals surface area contributed by atoms with Crippen LogP contribution in [0.2, 0.25) is 0 Å². The number of carbonyl (C=O) groups excluding carboxylic acids is 1. The largest absolute Gasteiger partial charge is 0.379 e. The average Bonchev–Trinajstić information content (AvgIpc) is 3.22. The van der Waals surface area contributed by atoms with E-state index in [1.165, 1.54) is 37.4 Å². The summed E-state index contributed by atoms with van der Waals surface area (Å²) in [4.78, 5) is 18.6. The number of likely N-dealkylation sites (tertiary alicyclic amines) is 1. The minimum absolute atomic E-state index is 0.190. The van der Waals surface area contributed by atoms with Crippen LogP contribution in [-0.4, -0.2) is 95.7 Å². The summed E-state index contributed by atoms with van der Waals surface area (Å²) in [5.41, 5.74) is 0.523. The van der Waals surface area contributed by atoms with Crippen LogP contribution in [0, 0.1) is 5.41 Å². The van der Waals surface area contributed by atoms with E-state index in [0.717, 1.165) is 39.4 Å². The van der Waals surface area contributed by atoms with Crippen LogP contribution in [0.5, 0.6) is 0 Å². The van der Waals surface area contributed by atoms with Gasteiger partial charge < -0.3 is 9.64 Å². The van der Waals surface area contributed by atoms with E-state index in [1.54, 1.807) is 0 Å². The molecule has 1 amide bonds. The molecule has 6 heteroatoms. The van der Waals surface area contributed by atoms with E-state index in [9.17, 15) is 4.79 Å². The highest BCUT2D eigenvalue weighted by atomic mass is 32.2. The van der Waals surface area contributed by atoms with Gasteiger partial charge in [-0.3, -0.25) is 14.6 Å². The zero-order chi connectivity index (χ0) is 23.7. The van der Waals surface area contributed by atoms with Crippen molar-refractivity contribution in [1.82, 2.24) is 14.7 Å². The zero-order valence-corrected chi connectivity index (χ0v) is 22.9. The van der Waals surface area contributed by atoms with E-state index >= 15 is 0 Å². The Morgan fingerprint density at radius 1 is 0.677 bits per heavy atom. The Bertz CT molecular complexity index is 474. The van der Waals surface area contributed by atoms with Gasteiger partial charge in [-0.25, -0.2) is 0 Å². The van der Waals surface area contributed by atoms with Gasteiger partial charge in [-0.1, -0.05) is 20.8 Å². The van der Waals surface area contributed by atoms with Crippen molar-refractivity contribution >= 4 is 17.7 Å². The molecule has 3 rings (SSSR count). The Kier molecular flexibility index (Phi) is 11.9. The number of amides is 1. The first-order valence-corrected chi connectivity index (χ1v) is 13.3. The van der Waals surface area contributed by atoms with Crippen LogP contribution < -0.4 is 0 Å². The van der Waals surface area contributed by atoms with Gasteiger partial charge in [-0.05, 0) is 54.4 Å². The maximum atomic E-state index is 11.6. The Hall–Kier alpha value is -0.300. The molecule has 31 heavy (non-hydrogen) atoms. The molecule has 3 fully saturated rings. The van der Waals surface area contributed by atoms with Crippen molar-refractivity contribution in [1.29, 1.82) is 0 Å². The molecule has 0 aromatic carbocycles. The Balaban J connectivity index is 0.000000233. The highest BCUT2D eigenvalue weighted by molar-refractivity contribution is 7.99. The Morgan fingerprint density at radius 3 is 1.42 bits per heavy atom. The molecule has 3 saturated heterocycles. The molecule has 184 valence electrons. The maximum Gasteiger partial charge on any atom is 0.227 e. The third-order valence-corrected chi connectivity index (χ3v) is 6.90. The second kappa shape index (κ2) is 12.8. The van der Waals surface area contributed by atoms with Crippen LogP contribution in [0.1, 0.15) is 75.2 Å². The second-order valence-electron chi connectivity index (χ2n) is 11.8. The summed E-state index contributed by atoms with van der Waals surface area (Å²) >= 11 is 2.07. The molecule has 3 heterocycles. The van der Waals surface area contributed by atoms with E-state index in [-0.39, 0.29) is 5.41 Å². The molecule has 0 N–H and O–H groups in total. The summed E-state index contributed by atoms with van der Waals surface area (Å²) in [5.74, 6) is 2.93. The third kappa shape index (κ3) is 11.4. The number of carbonyl (C=O) groups is 1. The quantitative estimate of drug-likeness (QED) is 0.531. The van der Waals surface area contributed by atoms with Gasteiger partial charge in [0.1, 0.15) is 0 Å². The van der Waals surface area contributed by atoms with E-state index in [4.69, 9.17) is 4.74 Å². The van der Waals surface area contributed by atoms with Crippen molar-refractivity contribution in [3.05, 3.63) is 0 Å². The molecule has 0 aromatic rings. The van der Waals surface area contributed by atoms with Crippen molar-refractivity contribution < 1.29 is 9.53 Å². The summed E-state index contributed by atoms with van der Waals surface area (Å²) in [6.45, 7) is 28.0. The zero-order valence-electron chi connectivity index (χ0n) is 22.1. The normalized spacial score (nSPS) is 21.6. The van der Waals surface area contributed by atoms with Gasteiger partial charge in [0.15, 0.2) is 0 Å². The van der Waals surface area contributed by atoms with Crippen molar-refractivity contribution in [3.63, 3.8) is 0 Å². The minimum Gasteiger partial charge on any atom is -0.379 e. The van der Waals surface area contributed by atoms with Gasteiger partial charge in [0.2, 0.25) is 5.91 Å². The molecule has 3 aliphatic heterocycles. The number of hydrogen-bond donors (Lipinski definition) is 0. The van der Waals surface area contributed by atoms with Crippen LogP contribution in [0.4, 0.5) is 0 Å². The smallest absolute Gasteiger partial charge is 0.227 e. The Labute approximate surface area is 197 Å². The molecule has 0 aliphatic carbocycles. The van der Waals surface area contributed by atoms with Gasteiger partial charge in [-0.2, -0.15) is 11.8 Å². The minimum atomic E-state index is -0.190. The first-order chi connectivity index (χ1) is 14.2. The lowest BCUT2D eigenvalue weighted by atomic mass is 9.95. The molecular weight excluding hydrogens is 406 g/mol. The van der Waals surface area contributed by atoms with Crippen LogP contribution in [-0.2, 0) is 9.53 Å². The fourth-order valence-electron chi connectivity index (χ4n) is 3.86. The molecule has 0 bridgehead atoms. The molecule has 0 unspecified atom stereocenters. The summed E-state index contributed by atoms with van der Waals surface area (Å²) in [6, 6.07) is 0. The van der Waals surface area contributed by atoms with Gasteiger partial charge in [0.25, 0.3) is 0 Å². The monoisotopic (exact) mass is 457 g/mol. The van der Waals surface area contributed by atoms with Crippen LogP contribution >= 0.6 is 11.8 Å². The van der Waals surface area contributed by atoms with Gasteiger partial charge >= 0.3 is 0 Å². The number of rotatable bonds is 0. The summed E-state index contributed by atoms with van der Waals surface area (Å²) < 4.78 is 5.25. The number of thioether (sulfide) groups is 1. The molecule has 0 atom stereocenters. The third-order valence-electron chi connectivity index (χ3n) is 5.95. The molecule has 0 spiro atoms. The van der Waals surface area contributed by atoms with Gasteiger partial charge in [-0.15, -0.1) is 0 Å². The fourth-order valence-corrected chi connectivity index (χ4v) is 4.77. The molecular formula is C25H51N3O2S. The Morgan fingerprint density at radius 2 is 1.10 bits per heavy atom. The first-order valence-electron chi connectivity index (χ1n) is 12.2. The summed E-state index contributed by atoms with van der Waals surface area (Å²) in [7, 11) is 0. The van der Waals surface area contributed by atoms with Crippen molar-refractivity contribution in [2.24, 2.45) is 5.41 Å².